The Morgan fingerprint density at radius 1 is 1.20 bits per heavy atom. The van der Waals surface area contributed by atoms with Crippen molar-refractivity contribution in [1.29, 1.82) is 0 Å². The van der Waals surface area contributed by atoms with Crippen LogP contribution in [0.2, 0.25) is 0 Å². The predicted octanol–water partition coefficient (Wildman–Crippen LogP) is 3.52. The number of benzene rings is 1. The van der Waals surface area contributed by atoms with Gasteiger partial charge in [0.1, 0.15) is 11.6 Å². The molecule has 1 fully saturated rings. The van der Waals surface area contributed by atoms with E-state index in [1.807, 2.05) is 6.92 Å². The highest BCUT2D eigenvalue weighted by atomic mass is 19.3. The van der Waals surface area contributed by atoms with Crippen molar-refractivity contribution < 1.29 is 13.2 Å². The summed E-state index contributed by atoms with van der Waals surface area (Å²) in [5.74, 6) is -2.29. The molecule has 3 rings (SSSR count). The molecule has 25 heavy (non-hydrogen) atoms. The molecule has 4 nitrogen and oxygen atoms in total. The molecule has 134 valence electrons. The summed E-state index contributed by atoms with van der Waals surface area (Å²) in [5.41, 5.74) is 1.69. The fraction of sp³-hybridized carbons (Fsp3) is 0.444. The number of hydrogen-bond acceptors (Lipinski definition) is 4. The first kappa shape index (κ1) is 17.7. The van der Waals surface area contributed by atoms with Crippen molar-refractivity contribution in [3.05, 3.63) is 53.7 Å². The van der Waals surface area contributed by atoms with E-state index in [2.05, 4.69) is 15.3 Å². The van der Waals surface area contributed by atoms with Crippen molar-refractivity contribution in [2.75, 3.05) is 31.5 Å². The number of anilines is 1. The van der Waals surface area contributed by atoms with Gasteiger partial charge in [0.05, 0.1) is 12.2 Å². The van der Waals surface area contributed by atoms with Gasteiger partial charge in [-0.2, -0.15) is 0 Å². The average molecular weight is 350 g/mol. The van der Waals surface area contributed by atoms with E-state index in [9.17, 15) is 13.2 Å². The number of likely N-dealkylation sites (tertiary alicyclic amines) is 1. The van der Waals surface area contributed by atoms with Crippen LogP contribution in [0.25, 0.3) is 0 Å². The Morgan fingerprint density at radius 3 is 2.60 bits per heavy atom. The Bertz CT molecular complexity index is 706. The molecule has 1 aromatic carbocycles. The monoisotopic (exact) mass is 350 g/mol. The average Bonchev–Trinajstić information content (AvgIpc) is 2.94. The van der Waals surface area contributed by atoms with Crippen LogP contribution in [0.15, 0.2) is 36.7 Å². The van der Waals surface area contributed by atoms with Crippen molar-refractivity contribution in [1.82, 2.24) is 14.9 Å². The zero-order chi connectivity index (χ0) is 17.9. The summed E-state index contributed by atoms with van der Waals surface area (Å²) >= 11 is 0. The zero-order valence-corrected chi connectivity index (χ0v) is 14.1. The second-order valence-corrected chi connectivity index (χ2v) is 6.37. The Labute approximate surface area is 145 Å². The van der Waals surface area contributed by atoms with Gasteiger partial charge in [-0.05, 0) is 17.7 Å². The minimum Gasteiger partial charge on any atom is -0.367 e. The highest BCUT2D eigenvalue weighted by molar-refractivity contribution is 5.45. The van der Waals surface area contributed by atoms with Gasteiger partial charge >= 0.3 is 0 Å². The minimum absolute atomic E-state index is 0.0621. The molecule has 0 spiro atoms. The van der Waals surface area contributed by atoms with E-state index in [4.69, 9.17) is 0 Å². The van der Waals surface area contributed by atoms with Crippen molar-refractivity contribution in [3.8, 4) is 0 Å². The molecular formula is C18H21F3N4. The Hall–Kier alpha value is -2.15. The lowest BCUT2D eigenvalue weighted by atomic mass is 9.97. The molecule has 1 aromatic heterocycles. The number of alkyl halides is 2. The van der Waals surface area contributed by atoms with Gasteiger partial charge in [-0.1, -0.05) is 19.1 Å². The number of nitrogens with one attached hydrogen (secondary N) is 1. The summed E-state index contributed by atoms with van der Waals surface area (Å²) in [6, 6.07) is 6.29. The van der Waals surface area contributed by atoms with Crippen LogP contribution in [0, 0.1) is 5.82 Å². The molecule has 1 atom stereocenters. The quantitative estimate of drug-likeness (QED) is 0.865. The lowest BCUT2D eigenvalue weighted by molar-refractivity contribution is 0.0126. The van der Waals surface area contributed by atoms with E-state index in [-0.39, 0.29) is 24.7 Å². The van der Waals surface area contributed by atoms with Crippen LogP contribution in [0.4, 0.5) is 19.0 Å². The Balaban J connectivity index is 1.63. The molecule has 0 radical (unpaired) electrons. The van der Waals surface area contributed by atoms with Crippen molar-refractivity contribution in [2.24, 2.45) is 0 Å². The Morgan fingerprint density at radius 2 is 1.92 bits per heavy atom. The van der Waals surface area contributed by atoms with Gasteiger partial charge in [-0.25, -0.2) is 18.2 Å². The summed E-state index contributed by atoms with van der Waals surface area (Å²) in [6.45, 7) is 3.24. The molecule has 1 aliphatic heterocycles. The van der Waals surface area contributed by atoms with Gasteiger partial charge < -0.3 is 5.32 Å². The highest BCUT2D eigenvalue weighted by Crippen LogP contribution is 2.28. The van der Waals surface area contributed by atoms with Gasteiger partial charge in [0.2, 0.25) is 0 Å². The molecule has 0 amide bonds. The summed E-state index contributed by atoms with van der Waals surface area (Å²) in [7, 11) is 0. The van der Waals surface area contributed by atoms with Gasteiger partial charge in [0, 0.05) is 44.4 Å². The van der Waals surface area contributed by atoms with Crippen molar-refractivity contribution >= 4 is 5.82 Å². The second kappa shape index (κ2) is 7.39. The molecule has 1 N–H and O–H groups in total. The molecule has 1 unspecified atom stereocenters. The lowest BCUT2D eigenvalue weighted by Gasteiger charge is -2.18. The summed E-state index contributed by atoms with van der Waals surface area (Å²) < 4.78 is 39.5. The van der Waals surface area contributed by atoms with Crippen LogP contribution in [0.1, 0.15) is 30.5 Å². The van der Waals surface area contributed by atoms with E-state index in [1.54, 1.807) is 29.4 Å². The van der Waals surface area contributed by atoms with E-state index in [1.165, 1.54) is 12.1 Å². The minimum atomic E-state index is -2.57. The fourth-order valence-electron chi connectivity index (χ4n) is 3.04. The van der Waals surface area contributed by atoms with Crippen molar-refractivity contribution in [3.63, 3.8) is 0 Å². The number of hydrogen-bond donors (Lipinski definition) is 1. The molecule has 1 aliphatic rings. The third kappa shape index (κ3) is 4.48. The van der Waals surface area contributed by atoms with Crippen LogP contribution >= 0.6 is 0 Å². The van der Waals surface area contributed by atoms with Crippen LogP contribution < -0.4 is 5.32 Å². The molecule has 2 aromatic rings. The van der Waals surface area contributed by atoms with Gasteiger partial charge in [0.25, 0.3) is 5.92 Å². The van der Waals surface area contributed by atoms with Crippen molar-refractivity contribution in [2.45, 2.75) is 25.2 Å². The molecule has 1 saturated heterocycles. The van der Waals surface area contributed by atoms with E-state index in [0.29, 0.717) is 25.5 Å². The molecule has 7 heteroatoms. The number of halogens is 3. The molecule has 2 heterocycles. The topological polar surface area (TPSA) is 41.1 Å². The third-order valence-corrected chi connectivity index (χ3v) is 4.48. The van der Waals surface area contributed by atoms with Crippen LogP contribution in [0.5, 0.6) is 0 Å². The fourth-order valence-corrected chi connectivity index (χ4v) is 3.04. The predicted molar refractivity (Wildman–Crippen MR) is 90.4 cm³/mol. The van der Waals surface area contributed by atoms with E-state index in [0.717, 1.165) is 11.3 Å². The van der Waals surface area contributed by atoms with Crippen LogP contribution in [-0.2, 0) is 0 Å². The maximum absolute atomic E-state index is 13.2. The maximum atomic E-state index is 13.2. The maximum Gasteiger partial charge on any atom is 0.261 e. The van der Waals surface area contributed by atoms with Gasteiger partial charge in [-0.3, -0.25) is 9.88 Å². The number of nitrogens with zero attached hydrogens (tertiary/aromatic N) is 3. The summed E-state index contributed by atoms with van der Waals surface area (Å²) in [6.07, 6.45) is 3.12. The number of aromatic nitrogens is 2. The Kier molecular flexibility index (Phi) is 5.22. The SMILES string of the molecule is CC(c1ccc(F)cc1)c1nccnc1NCCN1CCC(F)(F)C1. The normalized spacial score (nSPS) is 18.2. The highest BCUT2D eigenvalue weighted by Gasteiger charge is 2.37. The van der Waals surface area contributed by atoms with E-state index >= 15 is 0 Å². The second-order valence-electron chi connectivity index (χ2n) is 6.37. The largest absolute Gasteiger partial charge is 0.367 e. The first-order valence-corrected chi connectivity index (χ1v) is 8.35. The number of rotatable bonds is 6. The van der Waals surface area contributed by atoms with E-state index < -0.39 is 5.92 Å². The molecule has 0 saturated carbocycles. The molecule has 0 aliphatic carbocycles. The summed E-state index contributed by atoms with van der Waals surface area (Å²) in [5, 5.41) is 3.20. The molecular weight excluding hydrogens is 329 g/mol. The molecule has 0 bridgehead atoms. The third-order valence-electron chi connectivity index (χ3n) is 4.48. The van der Waals surface area contributed by atoms with Gasteiger partial charge in [0.15, 0.2) is 0 Å². The standard InChI is InChI=1S/C18H21F3N4/c1-13(14-2-4-15(19)5-3-14)16-17(23-8-7-22-16)24-9-11-25-10-6-18(20,21)12-25/h2-5,7-8,13H,6,9-12H2,1H3,(H,23,24). The smallest absolute Gasteiger partial charge is 0.261 e. The van der Waals surface area contributed by atoms with Crippen LogP contribution in [-0.4, -0.2) is 47.0 Å². The first-order chi connectivity index (χ1) is 11.9. The summed E-state index contributed by atoms with van der Waals surface area (Å²) in [4.78, 5) is 10.5. The van der Waals surface area contributed by atoms with Gasteiger partial charge in [-0.15, -0.1) is 0 Å². The lowest BCUT2D eigenvalue weighted by Crippen LogP contribution is -2.30. The van der Waals surface area contributed by atoms with Crippen LogP contribution in [0.3, 0.4) is 0 Å². The first-order valence-electron chi connectivity index (χ1n) is 8.35. The zero-order valence-electron chi connectivity index (χ0n) is 14.1.